The Morgan fingerprint density at radius 3 is 2.04 bits per heavy atom. The number of carboxylic acids is 2. The lowest BCUT2D eigenvalue weighted by Gasteiger charge is -2.13. The number of nitrogens with one attached hydrogen (secondary N) is 1. The van der Waals surface area contributed by atoms with Gasteiger partial charge in [0.15, 0.2) is 0 Å². The lowest BCUT2D eigenvalue weighted by molar-refractivity contribution is -0.143. The molecule has 0 fully saturated rings. The Morgan fingerprint density at radius 2 is 1.52 bits per heavy atom. The number of unbranched alkanes of at least 4 members (excludes halogenated alkanes) is 8. The fraction of sp³-hybridized carbons (Fsp3) is 0.824. The van der Waals surface area contributed by atoms with E-state index < -0.39 is 18.0 Å². The van der Waals surface area contributed by atoms with Crippen LogP contribution in [0.25, 0.3) is 1.43 Å². The van der Waals surface area contributed by atoms with E-state index in [2.05, 4.69) is 17.3 Å². The van der Waals surface area contributed by atoms with Crippen molar-refractivity contribution in [2.24, 2.45) is 0 Å². The molecule has 0 unspecified atom stereocenters. The first-order valence-corrected chi connectivity index (χ1v) is 8.69. The second-order valence-electron chi connectivity index (χ2n) is 5.95. The quantitative estimate of drug-likeness (QED) is 0.399. The van der Waals surface area contributed by atoms with Crippen molar-refractivity contribution in [3.8, 4) is 0 Å². The number of aliphatic carboxylic acids is 2. The maximum Gasteiger partial charge on any atom is 0.326 e. The van der Waals surface area contributed by atoms with Crippen LogP contribution in [0.2, 0.25) is 0 Å². The first kappa shape index (κ1) is 19.5. The van der Waals surface area contributed by atoms with Crippen LogP contribution in [0.3, 0.4) is 0 Å². The molecule has 0 heterocycles. The summed E-state index contributed by atoms with van der Waals surface area (Å²) in [4.78, 5) is 33.7. The van der Waals surface area contributed by atoms with E-state index in [0.29, 0.717) is 6.42 Å². The van der Waals surface area contributed by atoms with Gasteiger partial charge in [-0.3, -0.25) is 9.59 Å². The summed E-state index contributed by atoms with van der Waals surface area (Å²) in [5, 5.41) is 15.2. The van der Waals surface area contributed by atoms with Crippen molar-refractivity contribution in [2.75, 3.05) is 0 Å². The Labute approximate surface area is 140 Å². The summed E-state index contributed by atoms with van der Waals surface area (Å²) in [7, 11) is 0. The predicted octanol–water partition coefficient (Wildman–Crippen LogP) is 3.34. The van der Waals surface area contributed by atoms with Crippen molar-refractivity contribution in [3.63, 3.8) is 0 Å². The minimum absolute atomic E-state index is 0.0729. The lowest BCUT2D eigenvalue weighted by atomic mass is 10.1. The second-order valence-corrected chi connectivity index (χ2v) is 5.95. The van der Waals surface area contributed by atoms with Gasteiger partial charge in [-0.15, -0.1) is 0 Å². The molecule has 0 spiro atoms. The van der Waals surface area contributed by atoms with Crippen molar-refractivity contribution in [2.45, 2.75) is 90.0 Å². The van der Waals surface area contributed by atoms with Gasteiger partial charge in [0, 0.05) is 12.8 Å². The summed E-state index contributed by atoms with van der Waals surface area (Å²) in [5.74, 6) is -2.31. The van der Waals surface area contributed by atoms with E-state index >= 15 is 0 Å². The summed E-state index contributed by atoms with van der Waals surface area (Å²) >= 11 is 0. The van der Waals surface area contributed by atoms with Gasteiger partial charge in [0.25, 0.3) is 1.43 Å². The SMILES string of the molecule is [2H]OC(=O)CC[C@H](NC(=O)CCCCCCCCCCC)C(=O)O. The predicted molar refractivity (Wildman–Crippen MR) is 88.3 cm³/mol. The Bertz CT molecular complexity index is 376. The topological polar surface area (TPSA) is 104 Å². The van der Waals surface area contributed by atoms with Crippen molar-refractivity contribution in [3.05, 3.63) is 0 Å². The Hall–Kier alpha value is -1.59. The highest BCUT2D eigenvalue weighted by molar-refractivity contribution is 5.83. The van der Waals surface area contributed by atoms with Gasteiger partial charge >= 0.3 is 11.9 Å². The van der Waals surface area contributed by atoms with Crippen LogP contribution < -0.4 is 5.32 Å². The molecule has 134 valence electrons. The molecule has 23 heavy (non-hydrogen) atoms. The summed E-state index contributed by atoms with van der Waals surface area (Å²) in [6.45, 7) is 2.20. The number of amides is 1. The molecule has 0 aromatic carbocycles. The second kappa shape index (κ2) is 14.0. The van der Waals surface area contributed by atoms with Gasteiger partial charge < -0.3 is 15.5 Å². The van der Waals surface area contributed by atoms with E-state index in [0.717, 1.165) is 19.3 Å². The zero-order chi connectivity index (χ0) is 18.2. The molecule has 3 N–H and O–H groups in total. The average Bonchev–Trinajstić information content (AvgIpc) is 2.56. The van der Waals surface area contributed by atoms with E-state index in [1.807, 2.05) is 0 Å². The zero-order valence-electron chi connectivity index (χ0n) is 15.1. The largest absolute Gasteiger partial charge is 0.481 e. The van der Waals surface area contributed by atoms with Crippen LogP contribution in [0.1, 0.15) is 84.0 Å². The van der Waals surface area contributed by atoms with Gasteiger partial charge in [0.1, 0.15) is 6.04 Å². The van der Waals surface area contributed by atoms with E-state index in [-0.39, 0.29) is 18.7 Å². The van der Waals surface area contributed by atoms with Crippen LogP contribution in [0, 0.1) is 0 Å². The van der Waals surface area contributed by atoms with Crippen molar-refractivity contribution < 1.29 is 24.6 Å². The average molecular weight is 330 g/mol. The lowest BCUT2D eigenvalue weighted by Crippen LogP contribution is -2.41. The van der Waals surface area contributed by atoms with Crippen LogP contribution in [-0.2, 0) is 14.4 Å². The molecule has 0 saturated heterocycles. The summed E-state index contributed by atoms with van der Waals surface area (Å²) in [5.41, 5.74) is 0. The number of carboxylic acid groups (broad SMARTS) is 2. The number of rotatable bonds is 15. The molecule has 0 aromatic heterocycles. The van der Waals surface area contributed by atoms with E-state index in [1.165, 1.54) is 38.5 Å². The third kappa shape index (κ3) is 13.8. The number of hydrogen-bond donors (Lipinski definition) is 3. The molecule has 0 rings (SSSR count). The highest BCUT2D eigenvalue weighted by Gasteiger charge is 2.20. The van der Waals surface area contributed by atoms with Gasteiger partial charge in [0.05, 0.1) is 0 Å². The van der Waals surface area contributed by atoms with Gasteiger partial charge in [0.2, 0.25) is 5.91 Å². The van der Waals surface area contributed by atoms with Gasteiger partial charge in [-0.1, -0.05) is 58.3 Å². The molecule has 0 aromatic rings. The van der Waals surface area contributed by atoms with Crippen molar-refractivity contribution >= 4 is 17.8 Å². The first-order chi connectivity index (χ1) is 11.5. The fourth-order valence-electron chi connectivity index (χ4n) is 2.38. The summed E-state index contributed by atoms with van der Waals surface area (Å²) in [6, 6.07) is -1.12. The molecule has 6 nitrogen and oxygen atoms in total. The van der Waals surface area contributed by atoms with Crippen LogP contribution in [-0.4, -0.2) is 34.1 Å². The standard InChI is InChI=1S/C17H31NO5/c1-2-3-4-5-6-7-8-9-10-11-15(19)18-14(17(22)23)12-13-16(20)21/h14H,2-13H2,1H3,(H,18,19)(H,20,21)(H,22,23)/t14-/m0/s1/i/hD. The maximum absolute atomic E-state index is 11.8. The van der Waals surface area contributed by atoms with Crippen molar-refractivity contribution in [1.82, 2.24) is 5.32 Å². The summed E-state index contributed by atoms with van der Waals surface area (Å²) < 4.78 is 6.41. The van der Waals surface area contributed by atoms with Crippen LogP contribution in [0.15, 0.2) is 0 Å². The Balaban J connectivity index is 3.74. The zero-order valence-corrected chi connectivity index (χ0v) is 14.1. The van der Waals surface area contributed by atoms with Crippen LogP contribution in [0.5, 0.6) is 0 Å². The molecule has 6 heteroatoms. The number of carbonyl (C=O) groups excluding carboxylic acids is 1. The summed E-state index contributed by atoms with van der Waals surface area (Å²) in [6.07, 6.45) is 10.3. The maximum atomic E-state index is 11.8. The highest BCUT2D eigenvalue weighted by atomic mass is 16.4. The fourth-order valence-corrected chi connectivity index (χ4v) is 2.38. The molecule has 0 aliphatic rings. The molecular formula is C17H31NO5. The minimum Gasteiger partial charge on any atom is -0.481 e. The van der Waals surface area contributed by atoms with Crippen molar-refractivity contribution in [1.29, 1.82) is 1.43 Å². The third-order valence-corrected chi connectivity index (χ3v) is 3.78. The van der Waals surface area contributed by atoms with Crippen LogP contribution in [0.4, 0.5) is 0 Å². The molecule has 1 atom stereocenters. The molecular weight excluding hydrogens is 298 g/mol. The number of carbonyl (C=O) groups is 3. The molecule has 0 saturated carbocycles. The normalized spacial score (nSPS) is 12.3. The smallest absolute Gasteiger partial charge is 0.326 e. The molecule has 0 aliphatic heterocycles. The van der Waals surface area contributed by atoms with Crippen LogP contribution >= 0.6 is 0 Å². The molecule has 1 amide bonds. The first-order valence-electron chi connectivity index (χ1n) is 9.10. The van der Waals surface area contributed by atoms with Gasteiger partial charge in [-0.2, -0.15) is 0 Å². The minimum atomic E-state index is -1.19. The third-order valence-electron chi connectivity index (χ3n) is 3.78. The number of hydrogen-bond acceptors (Lipinski definition) is 4. The molecule has 0 aliphatic carbocycles. The highest BCUT2D eigenvalue weighted by Crippen LogP contribution is 2.10. The monoisotopic (exact) mass is 330 g/mol. The Kier molecular flexibility index (Phi) is 11.9. The van der Waals surface area contributed by atoms with Gasteiger partial charge in [-0.25, -0.2) is 4.79 Å². The van der Waals surface area contributed by atoms with E-state index in [1.54, 1.807) is 0 Å². The van der Waals surface area contributed by atoms with E-state index in [4.69, 9.17) is 6.54 Å². The molecule has 0 bridgehead atoms. The van der Waals surface area contributed by atoms with E-state index in [9.17, 15) is 14.4 Å². The Morgan fingerprint density at radius 1 is 0.957 bits per heavy atom. The molecule has 0 radical (unpaired) electrons. The van der Waals surface area contributed by atoms with Gasteiger partial charge in [-0.05, 0) is 12.8 Å².